The molecule has 0 aliphatic carbocycles. The van der Waals surface area contributed by atoms with Gasteiger partial charge in [-0.05, 0) is 26.7 Å². The van der Waals surface area contributed by atoms with Crippen LogP contribution in [0.1, 0.15) is 33.1 Å². The van der Waals surface area contributed by atoms with Gasteiger partial charge in [-0.15, -0.1) is 0 Å². The minimum absolute atomic E-state index is 0.0798. The smallest absolute Gasteiger partial charge is 0.240 e. The molecule has 0 aromatic carbocycles. The lowest BCUT2D eigenvalue weighted by Crippen LogP contribution is -2.47. The van der Waals surface area contributed by atoms with Crippen LogP contribution >= 0.6 is 0 Å². The van der Waals surface area contributed by atoms with E-state index in [1.165, 1.54) is 0 Å². The number of hydrogen-bond donors (Lipinski definition) is 2. The van der Waals surface area contributed by atoms with Gasteiger partial charge in [0.05, 0.1) is 0 Å². The molecule has 86 valence electrons. The fourth-order valence-corrected chi connectivity index (χ4v) is 1.85. The van der Waals surface area contributed by atoms with Crippen LogP contribution in [-0.4, -0.2) is 34.8 Å². The number of rotatable bonds is 3. The Morgan fingerprint density at radius 1 is 1.47 bits per heavy atom. The Morgan fingerprint density at radius 2 is 2.07 bits per heavy atom. The minimum atomic E-state index is -0.540. The van der Waals surface area contributed by atoms with Gasteiger partial charge in [-0.2, -0.15) is 0 Å². The third kappa shape index (κ3) is 3.20. The minimum Gasteiger partial charge on any atom is -0.368 e. The first-order valence-corrected chi connectivity index (χ1v) is 5.19. The molecule has 0 aromatic rings. The maximum absolute atomic E-state index is 11.8. The molecule has 5 heteroatoms. The van der Waals surface area contributed by atoms with Gasteiger partial charge in [0.25, 0.3) is 0 Å². The van der Waals surface area contributed by atoms with Crippen molar-refractivity contribution in [3.05, 3.63) is 0 Å². The van der Waals surface area contributed by atoms with Gasteiger partial charge >= 0.3 is 0 Å². The molecule has 1 rings (SSSR count). The molecule has 0 radical (unpaired) electrons. The number of amides is 2. The first-order chi connectivity index (χ1) is 6.81. The van der Waals surface area contributed by atoms with E-state index in [1.807, 2.05) is 0 Å². The SMILES string of the molecule is CC(C)(N)CC(=O)N1CCCC1C(N)=O. The van der Waals surface area contributed by atoms with Gasteiger partial charge in [-0.1, -0.05) is 0 Å². The van der Waals surface area contributed by atoms with Gasteiger partial charge in [-0.25, -0.2) is 0 Å². The van der Waals surface area contributed by atoms with E-state index in [9.17, 15) is 9.59 Å². The molecule has 4 N–H and O–H groups in total. The first kappa shape index (κ1) is 12.0. The molecule has 1 aliphatic rings. The lowest BCUT2D eigenvalue weighted by atomic mass is 10.0. The van der Waals surface area contributed by atoms with Crippen LogP contribution in [0.4, 0.5) is 0 Å². The summed E-state index contributed by atoms with van der Waals surface area (Å²) in [6, 6.07) is -0.431. The van der Waals surface area contributed by atoms with Crippen LogP contribution in [0.3, 0.4) is 0 Å². The number of likely N-dealkylation sites (tertiary alicyclic amines) is 1. The maximum atomic E-state index is 11.8. The summed E-state index contributed by atoms with van der Waals surface area (Å²) in [6.07, 6.45) is 1.76. The van der Waals surface area contributed by atoms with Crippen molar-refractivity contribution in [3.63, 3.8) is 0 Å². The summed E-state index contributed by atoms with van der Waals surface area (Å²) in [4.78, 5) is 24.4. The average molecular weight is 213 g/mol. The summed E-state index contributed by atoms with van der Waals surface area (Å²) >= 11 is 0. The fourth-order valence-electron chi connectivity index (χ4n) is 1.85. The standard InChI is InChI=1S/C10H19N3O2/c1-10(2,12)6-8(14)13-5-3-4-7(13)9(11)15/h7H,3-6,12H2,1-2H3,(H2,11,15). The van der Waals surface area contributed by atoms with Crippen molar-refractivity contribution in [2.24, 2.45) is 11.5 Å². The molecular weight excluding hydrogens is 194 g/mol. The van der Waals surface area contributed by atoms with Crippen molar-refractivity contribution < 1.29 is 9.59 Å². The predicted octanol–water partition coefficient (Wildman–Crippen LogP) is -0.410. The Hall–Kier alpha value is -1.10. The second-order valence-corrected chi connectivity index (χ2v) is 4.81. The summed E-state index contributed by atoms with van der Waals surface area (Å²) in [6.45, 7) is 4.20. The number of primary amides is 1. The Morgan fingerprint density at radius 3 is 2.53 bits per heavy atom. The monoisotopic (exact) mass is 213 g/mol. The molecule has 0 spiro atoms. The maximum Gasteiger partial charge on any atom is 0.240 e. The van der Waals surface area contributed by atoms with Crippen molar-refractivity contribution in [2.45, 2.75) is 44.7 Å². The van der Waals surface area contributed by atoms with Crippen LogP contribution in [-0.2, 0) is 9.59 Å². The van der Waals surface area contributed by atoms with Crippen LogP contribution in [0.2, 0.25) is 0 Å². The lowest BCUT2D eigenvalue weighted by Gasteiger charge is -2.26. The molecule has 1 fully saturated rings. The second-order valence-electron chi connectivity index (χ2n) is 4.81. The number of nitrogens with two attached hydrogens (primary N) is 2. The van der Waals surface area contributed by atoms with Crippen molar-refractivity contribution in [2.75, 3.05) is 6.54 Å². The van der Waals surface area contributed by atoms with Gasteiger partial charge in [0, 0.05) is 18.5 Å². The third-order valence-corrected chi connectivity index (χ3v) is 2.51. The number of carbonyl (C=O) groups is 2. The Labute approximate surface area is 89.8 Å². The van der Waals surface area contributed by atoms with Crippen molar-refractivity contribution in [3.8, 4) is 0 Å². The molecule has 1 aliphatic heterocycles. The number of nitrogens with zero attached hydrogens (tertiary/aromatic N) is 1. The van der Waals surface area contributed by atoms with E-state index in [4.69, 9.17) is 11.5 Å². The highest BCUT2D eigenvalue weighted by Gasteiger charge is 2.33. The highest BCUT2D eigenvalue weighted by Crippen LogP contribution is 2.19. The van der Waals surface area contributed by atoms with Crippen molar-refractivity contribution in [1.82, 2.24) is 4.90 Å². The normalized spacial score (nSPS) is 21.8. The van der Waals surface area contributed by atoms with Crippen LogP contribution in [0.15, 0.2) is 0 Å². The average Bonchev–Trinajstić information content (AvgIpc) is 2.47. The number of hydrogen-bond acceptors (Lipinski definition) is 3. The Balaban J connectivity index is 2.63. The zero-order valence-corrected chi connectivity index (χ0v) is 9.32. The third-order valence-electron chi connectivity index (χ3n) is 2.51. The van der Waals surface area contributed by atoms with E-state index in [0.29, 0.717) is 13.0 Å². The molecule has 0 aromatic heterocycles. The molecule has 1 unspecified atom stereocenters. The molecule has 1 saturated heterocycles. The Kier molecular flexibility index (Phi) is 3.34. The van der Waals surface area contributed by atoms with Gasteiger partial charge in [0.1, 0.15) is 6.04 Å². The highest BCUT2D eigenvalue weighted by atomic mass is 16.2. The molecule has 15 heavy (non-hydrogen) atoms. The predicted molar refractivity (Wildman–Crippen MR) is 56.8 cm³/mol. The van der Waals surface area contributed by atoms with E-state index < -0.39 is 17.5 Å². The van der Waals surface area contributed by atoms with Gasteiger partial charge in [-0.3, -0.25) is 9.59 Å². The summed E-state index contributed by atoms with van der Waals surface area (Å²) in [5.74, 6) is -0.500. The second kappa shape index (κ2) is 4.18. The van der Waals surface area contributed by atoms with E-state index in [-0.39, 0.29) is 12.3 Å². The van der Waals surface area contributed by atoms with Crippen molar-refractivity contribution in [1.29, 1.82) is 0 Å². The Bertz CT molecular complexity index is 270. The first-order valence-electron chi connectivity index (χ1n) is 5.19. The van der Waals surface area contributed by atoms with Gasteiger partial charge in [0.15, 0.2) is 0 Å². The molecule has 0 saturated carbocycles. The van der Waals surface area contributed by atoms with E-state index in [0.717, 1.165) is 6.42 Å². The van der Waals surface area contributed by atoms with E-state index >= 15 is 0 Å². The topological polar surface area (TPSA) is 89.4 Å². The fraction of sp³-hybridized carbons (Fsp3) is 0.800. The summed E-state index contributed by atoms with van der Waals surface area (Å²) in [5.41, 5.74) is 10.4. The summed E-state index contributed by atoms with van der Waals surface area (Å²) < 4.78 is 0. The number of carbonyl (C=O) groups excluding carboxylic acids is 2. The van der Waals surface area contributed by atoms with E-state index in [2.05, 4.69) is 0 Å². The quantitative estimate of drug-likeness (QED) is 0.668. The zero-order chi connectivity index (χ0) is 11.6. The van der Waals surface area contributed by atoms with Crippen LogP contribution in [0, 0.1) is 0 Å². The largest absolute Gasteiger partial charge is 0.368 e. The van der Waals surface area contributed by atoms with Gasteiger partial charge < -0.3 is 16.4 Å². The molecule has 1 heterocycles. The lowest BCUT2D eigenvalue weighted by molar-refractivity contribution is -0.138. The van der Waals surface area contributed by atoms with Gasteiger partial charge in [0.2, 0.25) is 11.8 Å². The molecule has 2 amide bonds. The highest BCUT2D eigenvalue weighted by molar-refractivity contribution is 5.87. The molecule has 0 bridgehead atoms. The molecule has 5 nitrogen and oxygen atoms in total. The molecule has 1 atom stereocenters. The van der Waals surface area contributed by atoms with Crippen LogP contribution < -0.4 is 11.5 Å². The summed E-state index contributed by atoms with van der Waals surface area (Å²) in [5, 5.41) is 0. The molecular formula is C10H19N3O2. The summed E-state index contributed by atoms with van der Waals surface area (Å²) in [7, 11) is 0. The van der Waals surface area contributed by atoms with E-state index in [1.54, 1.807) is 18.7 Å². The van der Waals surface area contributed by atoms with Crippen LogP contribution in [0.25, 0.3) is 0 Å². The van der Waals surface area contributed by atoms with Crippen molar-refractivity contribution >= 4 is 11.8 Å². The van der Waals surface area contributed by atoms with Crippen LogP contribution in [0.5, 0.6) is 0 Å². The zero-order valence-electron chi connectivity index (χ0n) is 9.32.